The van der Waals surface area contributed by atoms with E-state index in [1.807, 2.05) is 0 Å². The fourth-order valence-corrected chi connectivity index (χ4v) is 5.52. The lowest BCUT2D eigenvalue weighted by atomic mass is 9.58. The normalized spacial score (nSPS) is 31.1. The van der Waals surface area contributed by atoms with E-state index in [1.54, 1.807) is 0 Å². The van der Waals surface area contributed by atoms with Crippen LogP contribution in [-0.2, 0) is 9.59 Å². The molecule has 0 bridgehead atoms. The van der Waals surface area contributed by atoms with Gasteiger partial charge in [0.15, 0.2) is 11.4 Å². The Morgan fingerprint density at radius 2 is 1.82 bits per heavy atom. The van der Waals surface area contributed by atoms with Gasteiger partial charge in [-0.1, -0.05) is 11.6 Å². The summed E-state index contributed by atoms with van der Waals surface area (Å²) < 4.78 is 0. The number of hydrogen-bond acceptors (Lipinski definition) is 9. The third kappa shape index (κ3) is 3.09. The summed E-state index contributed by atoms with van der Waals surface area (Å²) in [4.78, 5) is 39.7. The van der Waals surface area contributed by atoms with Gasteiger partial charge in [0.25, 0.3) is 5.91 Å². The molecule has 1 amide bonds. The Kier molecular flexibility index (Phi) is 6.06. The zero-order valence-corrected chi connectivity index (χ0v) is 19.0. The maximum absolute atomic E-state index is 13.3. The van der Waals surface area contributed by atoms with Crippen LogP contribution in [0.4, 0.5) is 0 Å². The number of nitrogens with two attached hydrogens (primary N) is 1. The number of hydrogen-bond donors (Lipinski definition) is 6. The summed E-state index contributed by atoms with van der Waals surface area (Å²) in [6.45, 7) is 0. The number of nitrogens with zero attached hydrogens (tertiary/aromatic N) is 1. The van der Waals surface area contributed by atoms with Gasteiger partial charge in [-0.25, -0.2) is 0 Å². The molecule has 1 aromatic carbocycles. The molecule has 0 spiro atoms. The highest BCUT2D eigenvalue weighted by molar-refractivity contribution is 6.33. The first-order valence-electron chi connectivity index (χ1n) is 9.69. The largest absolute Gasteiger partial charge is 0.510 e. The minimum absolute atomic E-state index is 0. The minimum Gasteiger partial charge on any atom is -0.510 e. The predicted molar refractivity (Wildman–Crippen MR) is 117 cm³/mol. The highest BCUT2D eigenvalue weighted by Gasteiger charge is 2.64. The van der Waals surface area contributed by atoms with Crippen molar-refractivity contribution in [2.75, 3.05) is 14.1 Å². The molecule has 0 heterocycles. The quantitative estimate of drug-likeness (QED) is 0.318. The van der Waals surface area contributed by atoms with Crippen LogP contribution in [-0.4, -0.2) is 73.6 Å². The topological polar surface area (TPSA) is 182 Å². The second kappa shape index (κ2) is 8.00. The van der Waals surface area contributed by atoms with Gasteiger partial charge in [0.1, 0.15) is 22.8 Å². The molecule has 0 aromatic heterocycles. The number of aliphatic hydroxyl groups is 4. The lowest BCUT2D eigenvalue weighted by Crippen LogP contribution is -2.64. The van der Waals surface area contributed by atoms with Crippen molar-refractivity contribution in [1.29, 1.82) is 0 Å². The fraction of sp³-hybridized carbons (Fsp3) is 0.381. The van der Waals surface area contributed by atoms with Gasteiger partial charge in [-0.05, 0) is 32.6 Å². The zero-order chi connectivity index (χ0) is 23.9. The van der Waals surface area contributed by atoms with Crippen molar-refractivity contribution in [3.8, 4) is 5.75 Å². The van der Waals surface area contributed by atoms with Crippen LogP contribution in [0.15, 0.2) is 34.8 Å². The summed E-state index contributed by atoms with van der Waals surface area (Å²) in [5.74, 6) is -8.18. The van der Waals surface area contributed by atoms with Crippen LogP contribution in [0.5, 0.6) is 5.75 Å². The molecule has 33 heavy (non-hydrogen) atoms. The number of amides is 1. The molecule has 0 fully saturated rings. The number of carbonyl (C=O) groups excluding carboxylic acids is 3. The summed E-state index contributed by atoms with van der Waals surface area (Å²) in [6.07, 6.45) is -1.70. The maximum Gasteiger partial charge on any atom is 0.255 e. The van der Waals surface area contributed by atoms with Crippen LogP contribution in [0.2, 0.25) is 5.02 Å². The molecular weight excluding hydrogens is 479 g/mol. The molecule has 0 saturated carbocycles. The average molecular weight is 501 g/mol. The number of likely N-dealkylation sites (N-methyl/N-ethyl adjacent to an activating group) is 1. The Hall–Kier alpha value is -2.63. The van der Waals surface area contributed by atoms with Gasteiger partial charge in [0, 0.05) is 28.0 Å². The van der Waals surface area contributed by atoms with Gasteiger partial charge in [-0.2, -0.15) is 0 Å². The van der Waals surface area contributed by atoms with E-state index in [4.69, 9.17) is 17.3 Å². The molecule has 3 aliphatic rings. The Labute approximate surface area is 199 Å². The second-order valence-corrected chi connectivity index (χ2v) is 8.88. The zero-order valence-electron chi connectivity index (χ0n) is 17.4. The Morgan fingerprint density at radius 3 is 2.36 bits per heavy atom. The van der Waals surface area contributed by atoms with E-state index in [0.29, 0.717) is 0 Å². The van der Waals surface area contributed by atoms with Crippen molar-refractivity contribution in [3.05, 3.63) is 50.9 Å². The van der Waals surface area contributed by atoms with E-state index >= 15 is 0 Å². The molecule has 178 valence electrons. The molecule has 4 rings (SSSR count). The minimum atomic E-state index is -2.77. The SMILES string of the molecule is CN(C)[C@@H]1C(O)=C(C(N)=O)C(=O)[C@@]2(O)C(O)=C3C(=O)c4c(O)ccc(Cl)c4[C@@H](O)[C@H]3C[C@@H]12.Cl. The van der Waals surface area contributed by atoms with Crippen molar-refractivity contribution in [2.24, 2.45) is 17.6 Å². The number of fused-ring (bicyclic) bond motifs is 3. The van der Waals surface area contributed by atoms with Gasteiger partial charge in [0.2, 0.25) is 5.78 Å². The van der Waals surface area contributed by atoms with Crippen LogP contribution in [0.1, 0.15) is 28.4 Å². The smallest absolute Gasteiger partial charge is 0.255 e. The molecule has 10 nitrogen and oxygen atoms in total. The Bertz CT molecular complexity index is 1160. The third-order valence-corrected chi connectivity index (χ3v) is 6.97. The number of aromatic hydroxyl groups is 1. The number of primary amides is 1. The first kappa shape index (κ1) is 25.0. The highest BCUT2D eigenvalue weighted by Crippen LogP contribution is 2.55. The van der Waals surface area contributed by atoms with Crippen molar-refractivity contribution in [2.45, 2.75) is 24.2 Å². The second-order valence-electron chi connectivity index (χ2n) is 8.47. The molecule has 0 radical (unpaired) electrons. The van der Waals surface area contributed by atoms with Gasteiger partial charge < -0.3 is 31.3 Å². The maximum atomic E-state index is 13.3. The van der Waals surface area contributed by atoms with Gasteiger partial charge in [0.05, 0.1) is 17.7 Å². The van der Waals surface area contributed by atoms with Crippen molar-refractivity contribution in [1.82, 2.24) is 4.90 Å². The summed E-state index contributed by atoms with van der Waals surface area (Å²) in [6, 6.07) is 1.30. The summed E-state index contributed by atoms with van der Waals surface area (Å²) in [7, 11) is 3.03. The number of phenols is 1. The Balaban J connectivity index is 0.00000306. The molecule has 5 atom stereocenters. The number of benzene rings is 1. The summed E-state index contributed by atoms with van der Waals surface area (Å²) in [5.41, 5.74) is 0.739. The van der Waals surface area contributed by atoms with Gasteiger partial charge in [-0.3, -0.25) is 19.3 Å². The molecule has 0 aliphatic heterocycles. The van der Waals surface area contributed by atoms with E-state index in [0.717, 1.165) is 6.07 Å². The van der Waals surface area contributed by atoms with E-state index < -0.39 is 75.5 Å². The number of Topliss-reactive ketones (excluding diaryl/α,β-unsaturated/α-hetero) is 2. The molecule has 0 saturated heterocycles. The van der Waals surface area contributed by atoms with Crippen LogP contribution >= 0.6 is 24.0 Å². The molecule has 0 unspecified atom stereocenters. The number of rotatable bonds is 2. The third-order valence-electron chi connectivity index (χ3n) is 6.64. The van der Waals surface area contributed by atoms with Crippen LogP contribution in [0.3, 0.4) is 0 Å². The monoisotopic (exact) mass is 500 g/mol. The first-order valence-corrected chi connectivity index (χ1v) is 10.1. The Morgan fingerprint density at radius 1 is 1.21 bits per heavy atom. The summed E-state index contributed by atoms with van der Waals surface area (Å²) >= 11 is 6.17. The van der Waals surface area contributed by atoms with Crippen molar-refractivity contribution < 1.29 is 39.9 Å². The van der Waals surface area contributed by atoms with Crippen LogP contribution < -0.4 is 5.73 Å². The van der Waals surface area contributed by atoms with E-state index in [9.17, 15) is 39.9 Å². The van der Waals surface area contributed by atoms with Crippen molar-refractivity contribution >= 4 is 41.5 Å². The van der Waals surface area contributed by atoms with Gasteiger partial charge in [-0.15, -0.1) is 12.4 Å². The van der Waals surface area contributed by atoms with Crippen LogP contribution in [0.25, 0.3) is 0 Å². The molecule has 7 N–H and O–H groups in total. The fourth-order valence-electron chi connectivity index (χ4n) is 5.25. The van der Waals surface area contributed by atoms with E-state index in [1.165, 1.54) is 25.1 Å². The highest BCUT2D eigenvalue weighted by atomic mass is 35.5. The lowest BCUT2D eigenvalue weighted by Gasteiger charge is -2.50. The number of phenolic OH excluding ortho intramolecular Hbond substituents is 1. The standard InChI is InChI=1S/C21H21ClN2O8.ClH/c1-24(2)14-7-5-6-10(16(27)12-9(25)4-3-8(22)11(12)15(6)26)18(29)21(7,32)19(30)13(17(14)28)20(23)31;/h3-4,6-7,14-15,25-26,28-29,32H,5H2,1-2H3,(H2,23,31);1H/t6-,7-,14-,15-,21-;/m0./s1. The predicted octanol–water partition coefficient (Wildman–Crippen LogP) is 0.687. The number of ketones is 2. The van der Waals surface area contributed by atoms with Gasteiger partial charge >= 0.3 is 0 Å². The molecular formula is C21H22Cl2N2O8. The average Bonchev–Trinajstić information content (AvgIpc) is 2.69. The molecule has 3 aliphatic carbocycles. The molecule has 12 heteroatoms. The first-order chi connectivity index (χ1) is 14.8. The number of aliphatic hydroxyl groups excluding tert-OH is 3. The summed E-state index contributed by atoms with van der Waals surface area (Å²) in [5, 5.41) is 54.5. The van der Waals surface area contributed by atoms with Crippen LogP contribution in [0, 0.1) is 11.8 Å². The van der Waals surface area contributed by atoms with Crippen molar-refractivity contribution in [3.63, 3.8) is 0 Å². The molecule has 1 aromatic rings. The number of carbonyl (C=O) groups is 3. The lowest BCUT2D eigenvalue weighted by molar-refractivity contribution is -0.149. The van der Waals surface area contributed by atoms with E-state index in [-0.39, 0.29) is 35.0 Å². The van der Waals surface area contributed by atoms with E-state index in [2.05, 4.69) is 0 Å². The number of halogens is 2.